The first-order valence-corrected chi connectivity index (χ1v) is 5.94. The molecule has 1 unspecified atom stereocenters. The van der Waals surface area contributed by atoms with E-state index in [0.29, 0.717) is 16.3 Å². The number of rotatable bonds is 3. The largest absolute Gasteiger partial charge is 0.496 e. The number of hydrogen-bond donors (Lipinski definition) is 1. The topological polar surface area (TPSA) is 35.2 Å². The van der Waals surface area contributed by atoms with Gasteiger partial charge in [0, 0.05) is 16.1 Å². The molecule has 2 N–H and O–H groups in total. The van der Waals surface area contributed by atoms with Gasteiger partial charge in [0.25, 0.3) is 0 Å². The maximum atomic E-state index is 13.8. The number of nitrogens with two attached hydrogens (primary N) is 1. The number of methoxy groups -OCH3 is 1. The molecule has 0 radical (unpaired) electrons. The lowest BCUT2D eigenvalue weighted by atomic mass is 9.98. The summed E-state index contributed by atoms with van der Waals surface area (Å²) >= 11 is 5.83. The Balaban J connectivity index is 2.51. The first kappa shape index (κ1) is 13.8. The van der Waals surface area contributed by atoms with Crippen molar-refractivity contribution in [2.24, 2.45) is 5.73 Å². The third-order valence-corrected chi connectivity index (χ3v) is 3.06. The lowest BCUT2D eigenvalue weighted by Gasteiger charge is -2.17. The van der Waals surface area contributed by atoms with Gasteiger partial charge in [0.05, 0.1) is 13.2 Å². The zero-order chi connectivity index (χ0) is 14.0. The second-order valence-corrected chi connectivity index (χ2v) is 4.47. The van der Waals surface area contributed by atoms with Crippen molar-refractivity contribution in [3.63, 3.8) is 0 Å². The van der Waals surface area contributed by atoms with Gasteiger partial charge in [-0.05, 0) is 36.4 Å². The zero-order valence-corrected chi connectivity index (χ0v) is 10.9. The summed E-state index contributed by atoms with van der Waals surface area (Å²) in [6.45, 7) is 0. The molecule has 0 amide bonds. The average molecular weight is 284 g/mol. The molecule has 0 fully saturated rings. The highest BCUT2D eigenvalue weighted by Crippen LogP contribution is 2.31. The number of benzene rings is 2. The van der Waals surface area contributed by atoms with Gasteiger partial charge in [0.15, 0.2) is 0 Å². The molecule has 5 heteroatoms. The van der Waals surface area contributed by atoms with Crippen LogP contribution in [0.5, 0.6) is 5.75 Å². The van der Waals surface area contributed by atoms with Crippen molar-refractivity contribution in [1.29, 1.82) is 0 Å². The van der Waals surface area contributed by atoms with Crippen molar-refractivity contribution in [2.75, 3.05) is 7.11 Å². The van der Waals surface area contributed by atoms with Crippen LogP contribution >= 0.6 is 11.6 Å². The second-order valence-electron chi connectivity index (χ2n) is 4.03. The minimum atomic E-state index is -0.857. The van der Waals surface area contributed by atoms with Crippen LogP contribution in [0.2, 0.25) is 5.02 Å². The summed E-state index contributed by atoms with van der Waals surface area (Å²) in [5.74, 6) is -0.565. The van der Waals surface area contributed by atoms with E-state index in [4.69, 9.17) is 22.1 Å². The van der Waals surface area contributed by atoms with Crippen molar-refractivity contribution in [3.8, 4) is 5.75 Å². The minimum Gasteiger partial charge on any atom is -0.496 e. The molecule has 0 aliphatic heterocycles. The lowest BCUT2D eigenvalue weighted by molar-refractivity contribution is 0.406. The van der Waals surface area contributed by atoms with E-state index in [1.54, 1.807) is 0 Å². The number of hydrogen-bond acceptors (Lipinski definition) is 2. The Hall–Kier alpha value is -1.65. The molecule has 2 aromatic carbocycles. The van der Waals surface area contributed by atoms with Crippen LogP contribution in [0.1, 0.15) is 17.2 Å². The molecule has 0 saturated carbocycles. The van der Waals surface area contributed by atoms with E-state index < -0.39 is 17.7 Å². The fraction of sp³-hybridized carbons (Fsp3) is 0.143. The standard InChI is InChI=1S/C14H12ClF2NO/c1-19-13-5-3-9(16)7-11(13)14(18)10-6-8(15)2-4-12(10)17/h2-7,14H,18H2,1H3. The van der Waals surface area contributed by atoms with Crippen LogP contribution in [0.15, 0.2) is 36.4 Å². The van der Waals surface area contributed by atoms with E-state index in [0.717, 1.165) is 0 Å². The van der Waals surface area contributed by atoms with Crippen LogP contribution < -0.4 is 10.5 Å². The van der Waals surface area contributed by atoms with Gasteiger partial charge in [0.2, 0.25) is 0 Å². The summed E-state index contributed by atoms with van der Waals surface area (Å²) in [7, 11) is 1.44. The van der Waals surface area contributed by atoms with Gasteiger partial charge in [-0.25, -0.2) is 8.78 Å². The van der Waals surface area contributed by atoms with E-state index >= 15 is 0 Å². The Bertz CT molecular complexity index is 604. The molecule has 2 aromatic rings. The fourth-order valence-corrected chi connectivity index (χ4v) is 2.05. The first-order valence-electron chi connectivity index (χ1n) is 5.57. The summed E-state index contributed by atoms with van der Waals surface area (Å²) in [4.78, 5) is 0. The van der Waals surface area contributed by atoms with Crippen molar-refractivity contribution in [2.45, 2.75) is 6.04 Å². The molecule has 0 aliphatic carbocycles. The monoisotopic (exact) mass is 283 g/mol. The molecule has 1 atom stereocenters. The highest BCUT2D eigenvalue weighted by atomic mass is 35.5. The molecule has 0 bridgehead atoms. The quantitative estimate of drug-likeness (QED) is 0.933. The third-order valence-electron chi connectivity index (χ3n) is 2.82. The van der Waals surface area contributed by atoms with E-state index in [9.17, 15) is 8.78 Å². The van der Waals surface area contributed by atoms with Gasteiger partial charge in [-0.15, -0.1) is 0 Å². The predicted octanol–water partition coefficient (Wildman–Crippen LogP) is 3.67. The summed E-state index contributed by atoms with van der Waals surface area (Å²) in [6.07, 6.45) is 0. The highest BCUT2D eigenvalue weighted by molar-refractivity contribution is 6.30. The van der Waals surface area contributed by atoms with Crippen LogP contribution in [0.3, 0.4) is 0 Å². The van der Waals surface area contributed by atoms with Gasteiger partial charge < -0.3 is 10.5 Å². The van der Waals surface area contributed by atoms with Crippen LogP contribution in [0.25, 0.3) is 0 Å². The second kappa shape index (κ2) is 5.55. The molecule has 0 aliphatic rings. The number of halogens is 3. The molecule has 0 aromatic heterocycles. The SMILES string of the molecule is COc1ccc(F)cc1C(N)c1cc(Cl)ccc1F. The summed E-state index contributed by atoms with van der Waals surface area (Å²) in [6, 6.07) is 7.15. The first-order chi connectivity index (χ1) is 9.02. The number of ether oxygens (including phenoxy) is 1. The normalized spacial score (nSPS) is 12.3. The van der Waals surface area contributed by atoms with Crippen molar-refractivity contribution >= 4 is 11.6 Å². The predicted molar refractivity (Wildman–Crippen MR) is 70.4 cm³/mol. The van der Waals surface area contributed by atoms with Gasteiger partial charge in [-0.1, -0.05) is 11.6 Å². The third kappa shape index (κ3) is 2.85. The summed E-state index contributed by atoms with van der Waals surface area (Å²) in [5, 5.41) is 0.363. The van der Waals surface area contributed by atoms with Crippen LogP contribution in [0.4, 0.5) is 8.78 Å². The van der Waals surface area contributed by atoms with Gasteiger partial charge in [0.1, 0.15) is 17.4 Å². The summed E-state index contributed by atoms with van der Waals surface area (Å²) < 4.78 is 32.2. The van der Waals surface area contributed by atoms with Crippen LogP contribution in [-0.4, -0.2) is 7.11 Å². The van der Waals surface area contributed by atoms with Crippen LogP contribution in [-0.2, 0) is 0 Å². The smallest absolute Gasteiger partial charge is 0.128 e. The van der Waals surface area contributed by atoms with Crippen LogP contribution in [0, 0.1) is 11.6 Å². The van der Waals surface area contributed by atoms with E-state index in [2.05, 4.69) is 0 Å². The van der Waals surface area contributed by atoms with Gasteiger partial charge >= 0.3 is 0 Å². The molecule has 0 heterocycles. The van der Waals surface area contributed by atoms with Gasteiger partial charge in [-0.3, -0.25) is 0 Å². The van der Waals surface area contributed by atoms with Crippen molar-refractivity contribution in [1.82, 2.24) is 0 Å². The Morgan fingerprint density at radius 1 is 1.11 bits per heavy atom. The van der Waals surface area contributed by atoms with Crippen molar-refractivity contribution < 1.29 is 13.5 Å². The summed E-state index contributed by atoms with van der Waals surface area (Å²) in [5.41, 5.74) is 6.54. The lowest BCUT2D eigenvalue weighted by Crippen LogP contribution is -2.15. The Labute approximate surface area is 114 Å². The molecule has 0 spiro atoms. The Morgan fingerprint density at radius 3 is 2.53 bits per heavy atom. The zero-order valence-electron chi connectivity index (χ0n) is 10.2. The van der Waals surface area contributed by atoms with E-state index in [-0.39, 0.29) is 5.56 Å². The van der Waals surface area contributed by atoms with Gasteiger partial charge in [-0.2, -0.15) is 0 Å². The molecular weight excluding hydrogens is 272 g/mol. The minimum absolute atomic E-state index is 0.191. The average Bonchev–Trinajstić information content (AvgIpc) is 2.40. The van der Waals surface area contributed by atoms with E-state index in [1.807, 2.05) is 0 Å². The Kier molecular flexibility index (Phi) is 4.02. The molecule has 2 nitrogen and oxygen atoms in total. The highest BCUT2D eigenvalue weighted by Gasteiger charge is 2.18. The maximum absolute atomic E-state index is 13.8. The van der Waals surface area contributed by atoms with E-state index in [1.165, 1.54) is 43.5 Å². The molecule has 2 rings (SSSR count). The molecular formula is C14H12ClF2NO. The molecule has 19 heavy (non-hydrogen) atoms. The molecule has 0 saturated heterocycles. The maximum Gasteiger partial charge on any atom is 0.128 e. The molecule has 100 valence electrons. The fourth-order valence-electron chi connectivity index (χ4n) is 1.87. The Morgan fingerprint density at radius 2 is 1.84 bits per heavy atom. The van der Waals surface area contributed by atoms with Crippen molar-refractivity contribution in [3.05, 3.63) is 64.2 Å².